The van der Waals surface area contributed by atoms with Crippen LogP contribution in [-0.2, 0) is 0 Å². The summed E-state index contributed by atoms with van der Waals surface area (Å²) in [5.74, 6) is 1.53. The van der Waals surface area contributed by atoms with Crippen LogP contribution in [0, 0.1) is 19.8 Å². The van der Waals surface area contributed by atoms with E-state index in [0.29, 0.717) is 5.95 Å². The molecule has 1 aliphatic rings. The minimum atomic E-state index is 0.642. The summed E-state index contributed by atoms with van der Waals surface area (Å²) in [6.45, 7) is 10.6. The molecule has 2 rings (SSSR count). The van der Waals surface area contributed by atoms with E-state index in [1.165, 1.54) is 25.9 Å². The lowest BCUT2D eigenvalue weighted by molar-refractivity contribution is 0.199. The maximum Gasteiger partial charge on any atom is 0.243 e. The highest BCUT2D eigenvalue weighted by Gasteiger charge is 2.14. The molecule has 5 heteroatoms. The molecule has 0 bridgehead atoms. The first-order valence-corrected chi connectivity index (χ1v) is 6.79. The molecule has 0 atom stereocenters. The van der Waals surface area contributed by atoms with Crippen molar-refractivity contribution in [2.45, 2.75) is 33.6 Å². The summed E-state index contributed by atoms with van der Waals surface area (Å²) in [6, 6.07) is 0. The van der Waals surface area contributed by atoms with Crippen LogP contribution in [0.4, 0.5) is 5.95 Å². The van der Waals surface area contributed by atoms with Gasteiger partial charge < -0.3 is 10.2 Å². The van der Waals surface area contributed by atoms with Crippen LogP contribution in [0.1, 0.15) is 31.2 Å². The molecule has 0 radical (unpaired) electrons. The van der Waals surface area contributed by atoms with Crippen LogP contribution in [0.5, 0.6) is 0 Å². The van der Waals surface area contributed by atoms with Gasteiger partial charge in [-0.25, -0.2) is 4.98 Å². The SMILES string of the molecule is Cc1nnc(NCCN2CCC(C)CC2)nc1C. The average Bonchev–Trinajstić information content (AvgIpc) is 2.36. The van der Waals surface area contributed by atoms with Gasteiger partial charge in [0.2, 0.25) is 5.95 Å². The number of likely N-dealkylation sites (tertiary alicyclic amines) is 1. The number of nitrogens with one attached hydrogen (secondary N) is 1. The third-order valence-electron chi connectivity index (χ3n) is 3.68. The molecule has 0 aliphatic carbocycles. The van der Waals surface area contributed by atoms with E-state index in [0.717, 1.165) is 30.4 Å². The fourth-order valence-electron chi connectivity index (χ4n) is 2.14. The minimum absolute atomic E-state index is 0.642. The van der Waals surface area contributed by atoms with Gasteiger partial charge in [0.15, 0.2) is 0 Å². The molecule has 5 nitrogen and oxygen atoms in total. The Kier molecular flexibility index (Phi) is 4.47. The van der Waals surface area contributed by atoms with Gasteiger partial charge in [0.1, 0.15) is 0 Å². The number of anilines is 1. The number of nitrogens with zero attached hydrogens (tertiary/aromatic N) is 4. The minimum Gasteiger partial charge on any atom is -0.352 e. The van der Waals surface area contributed by atoms with Crippen LogP contribution in [0.25, 0.3) is 0 Å². The van der Waals surface area contributed by atoms with Crippen molar-refractivity contribution in [2.24, 2.45) is 5.92 Å². The van der Waals surface area contributed by atoms with Crippen molar-refractivity contribution in [3.63, 3.8) is 0 Å². The first kappa shape index (κ1) is 13.2. The molecule has 1 saturated heterocycles. The van der Waals surface area contributed by atoms with Crippen molar-refractivity contribution >= 4 is 5.95 Å². The molecule has 1 aromatic rings. The Hall–Kier alpha value is -1.23. The lowest BCUT2D eigenvalue weighted by Crippen LogP contribution is -2.36. The number of hydrogen-bond acceptors (Lipinski definition) is 5. The molecule has 0 aromatic carbocycles. The van der Waals surface area contributed by atoms with Gasteiger partial charge in [-0.15, -0.1) is 5.10 Å². The van der Waals surface area contributed by atoms with Crippen LogP contribution in [0.2, 0.25) is 0 Å². The summed E-state index contributed by atoms with van der Waals surface area (Å²) < 4.78 is 0. The third-order valence-corrected chi connectivity index (χ3v) is 3.68. The molecule has 1 aliphatic heterocycles. The van der Waals surface area contributed by atoms with E-state index in [-0.39, 0.29) is 0 Å². The largest absolute Gasteiger partial charge is 0.352 e. The summed E-state index contributed by atoms with van der Waals surface area (Å²) in [5.41, 5.74) is 1.84. The van der Waals surface area contributed by atoms with E-state index in [2.05, 4.69) is 32.3 Å². The quantitative estimate of drug-likeness (QED) is 0.879. The maximum absolute atomic E-state index is 4.36. The molecule has 18 heavy (non-hydrogen) atoms. The smallest absolute Gasteiger partial charge is 0.243 e. The van der Waals surface area contributed by atoms with Gasteiger partial charge in [-0.05, 0) is 45.7 Å². The number of aromatic nitrogens is 3. The van der Waals surface area contributed by atoms with Crippen LogP contribution in [-0.4, -0.2) is 46.3 Å². The zero-order valence-corrected chi connectivity index (χ0v) is 11.6. The van der Waals surface area contributed by atoms with Gasteiger partial charge in [-0.2, -0.15) is 5.10 Å². The van der Waals surface area contributed by atoms with Crippen molar-refractivity contribution in [1.29, 1.82) is 0 Å². The lowest BCUT2D eigenvalue weighted by atomic mass is 9.99. The second-order valence-corrected chi connectivity index (χ2v) is 5.26. The Bertz CT molecular complexity index is 385. The first-order valence-electron chi connectivity index (χ1n) is 6.79. The fourth-order valence-corrected chi connectivity index (χ4v) is 2.14. The van der Waals surface area contributed by atoms with E-state index in [1.54, 1.807) is 0 Å². The zero-order valence-electron chi connectivity index (χ0n) is 11.6. The molecule has 100 valence electrons. The predicted octanol–water partition coefficient (Wildman–Crippen LogP) is 1.63. The van der Waals surface area contributed by atoms with E-state index in [4.69, 9.17) is 0 Å². The fraction of sp³-hybridized carbons (Fsp3) is 0.769. The summed E-state index contributed by atoms with van der Waals surface area (Å²) in [4.78, 5) is 6.87. The molecule has 0 spiro atoms. The first-order chi connectivity index (χ1) is 8.65. The maximum atomic E-state index is 4.36. The highest BCUT2D eigenvalue weighted by atomic mass is 15.2. The van der Waals surface area contributed by atoms with Crippen molar-refractivity contribution in [1.82, 2.24) is 20.1 Å². The summed E-state index contributed by atoms with van der Waals surface area (Å²) >= 11 is 0. The van der Waals surface area contributed by atoms with Gasteiger partial charge in [0.05, 0.1) is 11.4 Å². The summed E-state index contributed by atoms with van der Waals surface area (Å²) in [6.07, 6.45) is 2.64. The van der Waals surface area contributed by atoms with Gasteiger partial charge in [0.25, 0.3) is 0 Å². The van der Waals surface area contributed by atoms with Gasteiger partial charge >= 0.3 is 0 Å². The standard InChI is InChI=1S/C13H23N5/c1-10-4-7-18(8-5-10)9-6-14-13-15-11(2)12(3)16-17-13/h10H,4-9H2,1-3H3,(H,14,15,17). The van der Waals surface area contributed by atoms with Gasteiger partial charge in [-0.3, -0.25) is 0 Å². The van der Waals surface area contributed by atoms with Crippen LogP contribution < -0.4 is 5.32 Å². The topological polar surface area (TPSA) is 53.9 Å². The van der Waals surface area contributed by atoms with E-state index >= 15 is 0 Å². The Morgan fingerprint density at radius 2 is 1.89 bits per heavy atom. The molecular formula is C13H23N5. The number of rotatable bonds is 4. The van der Waals surface area contributed by atoms with Crippen molar-refractivity contribution in [3.8, 4) is 0 Å². The zero-order chi connectivity index (χ0) is 13.0. The molecule has 0 unspecified atom stereocenters. The van der Waals surface area contributed by atoms with Gasteiger partial charge in [0, 0.05) is 13.1 Å². The predicted molar refractivity (Wildman–Crippen MR) is 72.6 cm³/mol. The van der Waals surface area contributed by atoms with Crippen LogP contribution in [0.15, 0.2) is 0 Å². The Morgan fingerprint density at radius 1 is 1.17 bits per heavy atom. The van der Waals surface area contributed by atoms with Gasteiger partial charge in [-0.1, -0.05) is 6.92 Å². The Morgan fingerprint density at radius 3 is 2.56 bits per heavy atom. The molecule has 1 N–H and O–H groups in total. The van der Waals surface area contributed by atoms with Crippen molar-refractivity contribution in [2.75, 3.05) is 31.5 Å². The number of piperidine rings is 1. The average molecular weight is 249 g/mol. The molecule has 1 fully saturated rings. The highest BCUT2D eigenvalue weighted by molar-refractivity contribution is 5.24. The van der Waals surface area contributed by atoms with Crippen LogP contribution >= 0.6 is 0 Å². The van der Waals surface area contributed by atoms with Crippen molar-refractivity contribution < 1.29 is 0 Å². The lowest BCUT2D eigenvalue weighted by Gasteiger charge is -2.30. The molecule has 2 heterocycles. The Labute approximate surface area is 109 Å². The molecular weight excluding hydrogens is 226 g/mol. The normalized spacial score (nSPS) is 17.9. The third kappa shape index (κ3) is 3.63. The Balaban J connectivity index is 1.73. The molecule has 1 aromatic heterocycles. The molecule has 0 amide bonds. The second kappa shape index (κ2) is 6.09. The second-order valence-electron chi connectivity index (χ2n) is 5.26. The van der Waals surface area contributed by atoms with Crippen LogP contribution in [0.3, 0.4) is 0 Å². The summed E-state index contributed by atoms with van der Waals surface area (Å²) in [5, 5.41) is 11.4. The summed E-state index contributed by atoms with van der Waals surface area (Å²) in [7, 11) is 0. The van der Waals surface area contributed by atoms with E-state index < -0.39 is 0 Å². The molecule has 0 saturated carbocycles. The van der Waals surface area contributed by atoms with Crippen molar-refractivity contribution in [3.05, 3.63) is 11.4 Å². The number of hydrogen-bond donors (Lipinski definition) is 1. The highest BCUT2D eigenvalue weighted by Crippen LogP contribution is 2.15. The van der Waals surface area contributed by atoms with E-state index in [9.17, 15) is 0 Å². The van der Waals surface area contributed by atoms with E-state index in [1.807, 2.05) is 13.8 Å². The monoisotopic (exact) mass is 249 g/mol. The number of aryl methyl sites for hydroxylation is 2.